The number of rotatable bonds is 4. The molecule has 8 heteroatoms. The van der Waals surface area contributed by atoms with Crippen molar-refractivity contribution in [3.05, 3.63) is 0 Å². The molecule has 0 spiro atoms. The molecular weight excluding hydrogens is 201 g/mol. The van der Waals surface area contributed by atoms with E-state index in [0.29, 0.717) is 0 Å². The topological polar surface area (TPSA) is 107 Å². The van der Waals surface area contributed by atoms with Crippen LogP contribution in [0.2, 0.25) is 0 Å². The maximum atomic E-state index is 10.1. The van der Waals surface area contributed by atoms with Crippen LogP contribution in [0.4, 0.5) is 0 Å². The van der Waals surface area contributed by atoms with E-state index in [1.165, 1.54) is 0 Å². The Bertz CT molecular complexity index is 175. The SMILES string of the molecule is O=C(O)CNCP(=O)(O)O.[Ca+2].[H-].[H-]. The van der Waals surface area contributed by atoms with E-state index in [9.17, 15) is 9.36 Å². The Hall–Kier alpha value is 0.840. The van der Waals surface area contributed by atoms with Crippen LogP contribution in [0.25, 0.3) is 0 Å². The molecule has 0 aliphatic heterocycles. The molecule has 0 aromatic heterocycles. The van der Waals surface area contributed by atoms with Gasteiger partial charge in [0, 0.05) is 0 Å². The summed E-state index contributed by atoms with van der Waals surface area (Å²) in [4.78, 5) is 26.1. The van der Waals surface area contributed by atoms with Gasteiger partial charge in [0.05, 0.1) is 12.8 Å². The molecule has 0 saturated carbocycles. The molecule has 0 bridgehead atoms. The average Bonchev–Trinajstić information content (AvgIpc) is 1.59. The predicted molar refractivity (Wildman–Crippen MR) is 40.5 cm³/mol. The molecule has 0 heterocycles. The number of hydrogen-bond acceptors (Lipinski definition) is 3. The molecule has 0 radical (unpaired) electrons. The van der Waals surface area contributed by atoms with Crippen LogP contribution < -0.4 is 5.32 Å². The maximum absolute atomic E-state index is 10.1. The largest absolute Gasteiger partial charge is 2.00 e. The van der Waals surface area contributed by atoms with Gasteiger partial charge >= 0.3 is 51.3 Å². The van der Waals surface area contributed by atoms with Gasteiger partial charge in [-0.15, -0.1) is 0 Å². The van der Waals surface area contributed by atoms with Gasteiger partial charge in [-0.3, -0.25) is 14.7 Å². The third-order valence-corrected chi connectivity index (χ3v) is 1.23. The van der Waals surface area contributed by atoms with Crippen molar-refractivity contribution in [1.82, 2.24) is 5.32 Å². The summed E-state index contributed by atoms with van der Waals surface area (Å²) >= 11 is 0. The number of carbonyl (C=O) groups is 1. The first-order chi connectivity index (χ1) is 4.42. The Balaban J connectivity index is -0.000000135. The summed E-state index contributed by atoms with van der Waals surface area (Å²) < 4.78 is 10.1. The average molecular weight is 211 g/mol. The van der Waals surface area contributed by atoms with Gasteiger partial charge < -0.3 is 17.7 Å². The van der Waals surface area contributed by atoms with Crippen molar-refractivity contribution in [3.8, 4) is 0 Å². The number of nitrogens with one attached hydrogen (secondary N) is 1. The first-order valence-corrected chi connectivity index (χ1v) is 4.18. The molecule has 0 fully saturated rings. The Kier molecular flexibility index (Phi) is 8.32. The first kappa shape index (κ1) is 14.4. The molecule has 0 amide bonds. The molecule has 0 saturated heterocycles. The van der Waals surface area contributed by atoms with Crippen molar-refractivity contribution in [2.45, 2.75) is 0 Å². The van der Waals surface area contributed by atoms with Crippen LogP contribution in [-0.4, -0.2) is 71.4 Å². The van der Waals surface area contributed by atoms with E-state index in [4.69, 9.17) is 14.9 Å². The summed E-state index contributed by atoms with van der Waals surface area (Å²) in [6.07, 6.45) is -0.598. The monoisotopic (exact) mass is 211 g/mol. The van der Waals surface area contributed by atoms with Crippen molar-refractivity contribution in [2.75, 3.05) is 12.8 Å². The molecule has 0 aromatic rings. The minimum Gasteiger partial charge on any atom is -1.00 e. The van der Waals surface area contributed by atoms with Crippen molar-refractivity contribution in [3.63, 3.8) is 0 Å². The van der Waals surface area contributed by atoms with Crippen LogP contribution in [0.1, 0.15) is 2.85 Å². The minimum absolute atomic E-state index is 0. The Morgan fingerprint density at radius 1 is 1.55 bits per heavy atom. The summed E-state index contributed by atoms with van der Waals surface area (Å²) in [6.45, 7) is -0.439. The normalized spacial score (nSPS) is 10.4. The molecule has 6 nitrogen and oxygen atoms in total. The van der Waals surface area contributed by atoms with Crippen LogP contribution >= 0.6 is 7.60 Å². The van der Waals surface area contributed by atoms with Crippen LogP contribution in [0.3, 0.4) is 0 Å². The first-order valence-electron chi connectivity index (χ1n) is 2.39. The second-order valence-electron chi connectivity index (χ2n) is 1.64. The van der Waals surface area contributed by atoms with E-state index in [1.807, 2.05) is 0 Å². The molecule has 64 valence electrons. The predicted octanol–water partition coefficient (Wildman–Crippen LogP) is -1.36. The van der Waals surface area contributed by atoms with E-state index in [0.717, 1.165) is 0 Å². The van der Waals surface area contributed by atoms with Gasteiger partial charge in [-0.2, -0.15) is 0 Å². The summed E-state index contributed by atoms with van der Waals surface area (Å²) in [5.74, 6) is -1.14. The van der Waals surface area contributed by atoms with E-state index < -0.39 is 26.4 Å². The molecule has 0 unspecified atom stereocenters. The quantitative estimate of drug-likeness (QED) is 0.338. The van der Waals surface area contributed by atoms with E-state index >= 15 is 0 Å². The molecule has 0 aromatic carbocycles. The van der Waals surface area contributed by atoms with Crippen LogP contribution in [0.15, 0.2) is 0 Å². The molecule has 0 atom stereocenters. The fraction of sp³-hybridized carbons (Fsp3) is 0.667. The molecular formula is C3H10CaNO5P. The second-order valence-corrected chi connectivity index (χ2v) is 3.29. The summed E-state index contributed by atoms with van der Waals surface area (Å²) in [5.41, 5.74) is 0. The number of carboxylic acid groups (broad SMARTS) is 1. The van der Waals surface area contributed by atoms with E-state index in [1.54, 1.807) is 0 Å². The second kappa shape index (κ2) is 6.37. The zero-order chi connectivity index (χ0) is 8.20. The fourth-order valence-electron chi connectivity index (χ4n) is 0.308. The van der Waals surface area contributed by atoms with Crippen molar-refractivity contribution >= 4 is 51.3 Å². The third-order valence-electron chi connectivity index (χ3n) is 0.594. The Morgan fingerprint density at radius 2 is 2.00 bits per heavy atom. The summed E-state index contributed by atoms with van der Waals surface area (Å²) in [5, 5.41) is 10.1. The van der Waals surface area contributed by atoms with Crippen molar-refractivity contribution < 1.29 is 27.1 Å². The maximum Gasteiger partial charge on any atom is 2.00 e. The Labute approximate surface area is 96.1 Å². The zero-order valence-electron chi connectivity index (χ0n) is 7.73. The van der Waals surface area contributed by atoms with Gasteiger partial charge in [0.15, 0.2) is 0 Å². The van der Waals surface area contributed by atoms with Crippen molar-refractivity contribution in [1.29, 1.82) is 0 Å². The van der Waals surface area contributed by atoms with Crippen LogP contribution in [-0.2, 0) is 9.36 Å². The zero-order valence-corrected chi connectivity index (χ0v) is 8.83. The molecule has 0 aliphatic rings. The minimum atomic E-state index is -4.10. The molecule has 0 rings (SSSR count). The smallest absolute Gasteiger partial charge is 1.00 e. The van der Waals surface area contributed by atoms with Crippen LogP contribution in [0.5, 0.6) is 0 Å². The molecule has 11 heavy (non-hydrogen) atoms. The van der Waals surface area contributed by atoms with Crippen molar-refractivity contribution in [2.24, 2.45) is 0 Å². The standard InChI is InChI=1S/C3H8NO5P.Ca.2H/c5-3(6)1-4-2-10(7,8)9;;;/h4H,1-2H2,(H,5,6)(H2,7,8,9);;;/q;+2;2*-1. The number of hydrogen-bond donors (Lipinski definition) is 4. The molecule has 0 aliphatic carbocycles. The van der Waals surface area contributed by atoms with Gasteiger partial charge in [-0.05, 0) is 0 Å². The van der Waals surface area contributed by atoms with E-state index in [2.05, 4.69) is 5.32 Å². The third kappa shape index (κ3) is 13.8. The fourth-order valence-corrected chi connectivity index (χ4v) is 0.712. The summed E-state index contributed by atoms with van der Waals surface area (Å²) in [7, 11) is -4.10. The van der Waals surface area contributed by atoms with Gasteiger partial charge in [0.25, 0.3) is 0 Å². The van der Waals surface area contributed by atoms with Gasteiger partial charge in [0.2, 0.25) is 0 Å². The number of aliphatic carboxylic acids is 1. The number of carboxylic acids is 1. The Morgan fingerprint density at radius 3 is 2.27 bits per heavy atom. The van der Waals surface area contributed by atoms with Gasteiger partial charge in [-0.25, -0.2) is 0 Å². The molecule has 4 N–H and O–H groups in total. The van der Waals surface area contributed by atoms with Gasteiger partial charge in [0.1, 0.15) is 0 Å². The van der Waals surface area contributed by atoms with E-state index in [-0.39, 0.29) is 40.6 Å². The van der Waals surface area contributed by atoms with Gasteiger partial charge in [-0.1, -0.05) is 0 Å². The summed E-state index contributed by atoms with van der Waals surface area (Å²) in [6, 6.07) is 0. The van der Waals surface area contributed by atoms with Crippen LogP contribution in [0, 0.1) is 0 Å².